The van der Waals surface area contributed by atoms with Crippen LogP contribution in [0.4, 0.5) is 0 Å². The van der Waals surface area contributed by atoms with Crippen LogP contribution in [-0.4, -0.2) is 52.9 Å². The quantitative estimate of drug-likeness (QED) is 0.392. The lowest BCUT2D eigenvalue weighted by molar-refractivity contribution is -0.142. The molecule has 0 saturated carbocycles. The molecule has 98 valence electrons. The van der Waals surface area contributed by atoms with E-state index in [9.17, 15) is 9.59 Å². The van der Waals surface area contributed by atoms with Crippen molar-refractivity contribution in [2.24, 2.45) is 0 Å². The summed E-state index contributed by atoms with van der Waals surface area (Å²) in [6.45, 7) is 1.55. The number of hydrogen-bond donors (Lipinski definition) is 1. The van der Waals surface area contributed by atoms with Crippen molar-refractivity contribution in [3.05, 3.63) is 12.2 Å². The molecule has 0 spiro atoms. The molecule has 1 N–H and O–H groups in total. The molecule has 8 heteroatoms. The summed E-state index contributed by atoms with van der Waals surface area (Å²) in [5.74, 6) is -2.04. The summed E-state index contributed by atoms with van der Waals surface area (Å²) in [5, 5.41) is 8.33. The molecule has 1 unspecified atom stereocenters. The number of carbonyl (C=O) groups is 2. The van der Waals surface area contributed by atoms with E-state index in [2.05, 4.69) is 0 Å². The van der Waals surface area contributed by atoms with Crippen LogP contribution in [0.15, 0.2) is 12.2 Å². The average Bonchev–Trinajstić information content (AvgIpc) is 2.29. The fourth-order valence-corrected chi connectivity index (χ4v) is 2.93. The van der Waals surface area contributed by atoms with Gasteiger partial charge in [0.15, 0.2) is 5.73 Å². The third kappa shape index (κ3) is 4.65. The fraction of sp³-hybridized carbons (Fsp3) is 0.556. The Bertz CT molecular complexity index is 289. The normalized spacial score (nSPS) is 13.6. The van der Waals surface area contributed by atoms with E-state index >= 15 is 0 Å². The summed E-state index contributed by atoms with van der Waals surface area (Å²) < 4.78 is 20.2. The molecule has 0 aliphatic heterocycles. The van der Waals surface area contributed by atoms with Crippen molar-refractivity contribution in [1.29, 1.82) is 0 Å². The van der Waals surface area contributed by atoms with E-state index in [4.69, 9.17) is 23.1 Å². The number of rotatable bonds is 7. The summed E-state index contributed by atoms with van der Waals surface area (Å²) in [7, 11) is 1.09. The number of carboxylic acid groups (broad SMARTS) is 1. The van der Waals surface area contributed by atoms with Crippen LogP contribution >= 0.6 is 0 Å². The first kappa shape index (κ1) is 15.8. The lowest BCUT2D eigenvalue weighted by Gasteiger charge is -2.29. The molecule has 0 saturated heterocycles. The third-order valence-electron chi connectivity index (χ3n) is 2.01. The van der Waals surface area contributed by atoms with Gasteiger partial charge in [-0.3, -0.25) is 0 Å². The van der Waals surface area contributed by atoms with Crippen molar-refractivity contribution in [2.75, 3.05) is 21.3 Å². The minimum Gasteiger partial charge on any atom is -0.478 e. The Hall–Kier alpha value is -1.22. The molecule has 0 aliphatic carbocycles. The molecule has 1 atom stereocenters. The van der Waals surface area contributed by atoms with Gasteiger partial charge in [0.05, 0.1) is 0 Å². The molecular formula is C9H16O7Si. The topological polar surface area (TPSA) is 91.3 Å². The summed E-state index contributed by atoms with van der Waals surface area (Å²) in [5.41, 5.74) is -0.742. The van der Waals surface area contributed by atoms with E-state index in [0.29, 0.717) is 6.08 Å². The summed E-state index contributed by atoms with van der Waals surface area (Å²) in [6, 6.07) is 0. The van der Waals surface area contributed by atoms with Crippen LogP contribution in [0.3, 0.4) is 0 Å². The highest BCUT2D eigenvalue weighted by molar-refractivity contribution is 6.62. The van der Waals surface area contributed by atoms with Crippen LogP contribution in [-0.2, 0) is 27.6 Å². The lowest BCUT2D eigenvalue weighted by Crippen LogP contribution is -2.54. The predicted octanol–water partition coefficient (Wildman–Crippen LogP) is -0.0238. The van der Waals surface area contributed by atoms with Crippen molar-refractivity contribution in [3.63, 3.8) is 0 Å². The number of carbonyl (C=O) groups excluding carboxylic acids is 1. The Kier molecular flexibility index (Phi) is 6.65. The number of carboxylic acids is 1. The second-order valence-electron chi connectivity index (χ2n) is 2.97. The number of hydrogen-bond acceptors (Lipinski definition) is 6. The summed E-state index contributed by atoms with van der Waals surface area (Å²) in [6.07, 6.45) is 1.49. The zero-order valence-corrected chi connectivity index (χ0v) is 11.1. The third-order valence-corrected chi connectivity index (χ3v) is 4.83. The molecule has 0 aromatic carbocycles. The largest absolute Gasteiger partial charge is 0.543 e. The zero-order chi connectivity index (χ0) is 13.5. The molecule has 0 heterocycles. The average molecular weight is 264 g/mol. The van der Waals surface area contributed by atoms with Crippen molar-refractivity contribution >= 4 is 20.7 Å². The van der Waals surface area contributed by atoms with Gasteiger partial charge in [0.1, 0.15) is 0 Å². The SMILES string of the molecule is CO[Si](OC)(OC)C(C)OC(=O)/C=C/C(=O)O. The summed E-state index contributed by atoms with van der Waals surface area (Å²) in [4.78, 5) is 21.4. The Morgan fingerprint density at radius 2 is 1.59 bits per heavy atom. The fourth-order valence-electron chi connectivity index (χ4n) is 1.17. The highest BCUT2D eigenvalue weighted by Gasteiger charge is 2.47. The Morgan fingerprint density at radius 1 is 1.12 bits per heavy atom. The van der Waals surface area contributed by atoms with E-state index in [1.54, 1.807) is 6.92 Å². The molecule has 0 rings (SSSR count). The van der Waals surface area contributed by atoms with Gasteiger partial charge in [-0.05, 0) is 6.92 Å². The van der Waals surface area contributed by atoms with Gasteiger partial charge in [-0.2, -0.15) is 0 Å². The van der Waals surface area contributed by atoms with Crippen LogP contribution < -0.4 is 0 Å². The zero-order valence-electron chi connectivity index (χ0n) is 10.1. The van der Waals surface area contributed by atoms with Crippen molar-refractivity contribution in [3.8, 4) is 0 Å². The maximum Gasteiger partial charge on any atom is 0.543 e. The van der Waals surface area contributed by atoms with E-state index in [1.165, 1.54) is 21.3 Å². The van der Waals surface area contributed by atoms with Gasteiger partial charge < -0.3 is 23.1 Å². The Balaban J connectivity index is 4.56. The second-order valence-corrected chi connectivity index (χ2v) is 6.21. The van der Waals surface area contributed by atoms with Crippen LogP contribution in [0.25, 0.3) is 0 Å². The van der Waals surface area contributed by atoms with E-state index < -0.39 is 26.5 Å². The van der Waals surface area contributed by atoms with Crippen LogP contribution in [0.1, 0.15) is 6.92 Å². The maximum atomic E-state index is 11.2. The van der Waals surface area contributed by atoms with Crippen molar-refractivity contribution in [1.82, 2.24) is 0 Å². The van der Waals surface area contributed by atoms with Crippen LogP contribution in [0.2, 0.25) is 0 Å². The van der Waals surface area contributed by atoms with Crippen LogP contribution in [0.5, 0.6) is 0 Å². The molecule has 0 radical (unpaired) electrons. The smallest absolute Gasteiger partial charge is 0.478 e. The molecule has 0 aromatic rings. The standard InChI is InChI=1S/C9H16O7Si/c1-7(17(13-2,14-3)15-4)16-9(12)6-5-8(10)11/h5-7H,1-4H3,(H,10,11)/b6-5+. The Labute approximate surface area is 100 Å². The first-order valence-electron chi connectivity index (χ1n) is 4.69. The minimum atomic E-state index is -3.06. The van der Waals surface area contributed by atoms with Crippen LogP contribution in [0, 0.1) is 0 Å². The van der Waals surface area contributed by atoms with Gasteiger partial charge in [0, 0.05) is 33.5 Å². The Morgan fingerprint density at radius 3 is 1.94 bits per heavy atom. The molecule has 0 aromatic heterocycles. The molecule has 0 bridgehead atoms. The van der Waals surface area contributed by atoms with E-state index in [-0.39, 0.29) is 0 Å². The lowest BCUT2D eigenvalue weighted by atomic mass is 10.5. The second kappa shape index (κ2) is 7.17. The monoisotopic (exact) mass is 264 g/mol. The molecule has 7 nitrogen and oxygen atoms in total. The number of esters is 1. The molecule has 0 aliphatic rings. The minimum absolute atomic E-state index is 0.685. The van der Waals surface area contributed by atoms with Gasteiger partial charge in [-0.1, -0.05) is 0 Å². The number of aliphatic carboxylic acids is 1. The van der Waals surface area contributed by atoms with E-state index in [1.807, 2.05) is 0 Å². The maximum absolute atomic E-state index is 11.2. The molecule has 0 fully saturated rings. The summed E-state index contributed by atoms with van der Waals surface area (Å²) >= 11 is 0. The van der Waals surface area contributed by atoms with Crippen molar-refractivity contribution in [2.45, 2.75) is 12.7 Å². The van der Waals surface area contributed by atoms with Gasteiger partial charge in [0.25, 0.3) is 0 Å². The van der Waals surface area contributed by atoms with Crippen molar-refractivity contribution < 1.29 is 32.7 Å². The first-order chi connectivity index (χ1) is 7.91. The highest BCUT2D eigenvalue weighted by Crippen LogP contribution is 2.14. The first-order valence-corrected chi connectivity index (χ1v) is 6.49. The van der Waals surface area contributed by atoms with Gasteiger partial charge in [-0.25, -0.2) is 9.59 Å². The van der Waals surface area contributed by atoms with Gasteiger partial charge >= 0.3 is 20.7 Å². The van der Waals surface area contributed by atoms with E-state index in [0.717, 1.165) is 6.08 Å². The predicted molar refractivity (Wildman–Crippen MR) is 59.1 cm³/mol. The van der Waals surface area contributed by atoms with Gasteiger partial charge in [-0.15, -0.1) is 0 Å². The molecular weight excluding hydrogens is 248 g/mol. The van der Waals surface area contributed by atoms with Gasteiger partial charge in [0.2, 0.25) is 0 Å². The number of ether oxygens (including phenoxy) is 1. The molecule has 0 amide bonds. The molecule has 17 heavy (non-hydrogen) atoms. The highest BCUT2D eigenvalue weighted by atomic mass is 28.4.